The number of carbonyl (C=O) groups excluding carboxylic acids is 1. The van der Waals surface area contributed by atoms with Crippen LogP contribution in [0.2, 0.25) is 0 Å². The van der Waals surface area contributed by atoms with E-state index in [0.29, 0.717) is 0 Å². The van der Waals surface area contributed by atoms with Crippen molar-refractivity contribution in [3.8, 4) is 5.75 Å². The predicted molar refractivity (Wildman–Crippen MR) is 79.5 cm³/mol. The summed E-state index contributed by atoms with van der Waals surface area (Å²) in [6, 6.07) is 13.5. The minimum Gasteiger partial charge on any atom is -0.493 e. The monoisotopic (exact) mass is 266 g/mol. The number of ether oxygens (including phenoxy) is 1. The molecule has 3 rings (SSSR count). The minimum atomic E-state index is 0.0840. The highest BCUT2D eigenvalue weighted by atomic mass is 16.5. The molecule has 2 heteroatoms. The lowest BCUT2D eigenvalue weighted by Crippen LogP contribution is -2.03. The second kappa shape index (κ2) is 5.49. The van der Waals surface area contributed by atoms with Crippen molar-refractivity contribution >= 4 is 5.78 Å². The van der Waals surface area contributed by atoms with Gasteiger partial charge in [-0.2, -0.15) is 0 Å². The van der Waals surface area contributed by atoms with Crippen LogP contribution in [0.4, 0.5) is 0 Å². The van der Waals surface area contributed by atoms with Crippen molar-refractivity contribution in [3.63, 3.8) is 0 Å². The first-order chi connectivity index (χ1) is 9.74. The fourth-order valence-corrected chi connectivity index (χ4v) is 2.61. The van der Waals surface area contributed by atoms with Crippen LogP contribution in [-0.4, -0.2) is 12.4 Å². The molecule has 0 bridgehead atoms. The number of aryl methyl sites for hydroxylation is 2. The SMILES string of the molecule is Cc1cccc(C(=O)c2ccc3c(c2)CCCCO3)c1. The van der Waals surface area contributed by atoms with E-state index in [4.69, 9.17) is 4.74 Å². The summed E-state index contributed by atoms with van der Waals surface area (Å²) in [5.41, 5.74) is 3.76. The lowest BCUT2D eigenvalue weighted by molar-refractivity contribution is 0.103. The van der Waals surface area contributed by atoms with Crippen molar-refractivity contribution in [1.29, 1.82) is 0 Å². The lowest BCUT2D eigenvalue weighted by atomic mass is 9.98. The third-order valence-electron chi connectivity index (χ3n) is 3.70. The van der Waals surface area contributed by atoms with E-state index in [2.05, 4.69) is 0 Å². The van der Waals surface area contributed by atoms with Gasteiger partial charge in [0, 0.05) is 11.1 Å². The van der Waals surface area contributed by atoms with Gasteiger partial charge in [0.05, 0.1) is 6.61 Å². The van der Waals surface area contributed by atoms with Crippen LogP contribution in [0, 0.1) is 6.92 Å². The summed E-state index contributed by atoms with van der Waals surface area (Å²) < 4.78 is 5.70. The van der Waals surface area contributed by atoms with Crippen LogP contribution in [0.1, 0.15) is 39.9 Å². The Morgan fingerprint density at radius 3 is 2.75 bits per heavy atom. The van der Waals surface area contributed by atoms with Gasteiger partial charge in [-0.25, -0.2) is 0 Å². The summed E-state index contributed by atoms with van der Waals surface area (Å²) >= 11 is 0. The van der Waals surface area contributed by atoms with Crippen molar-refractivity contribution in [2.24, 2.45) is 0 Å². The van der Waals surface area contributed by atoms with E-state index in [1.54, 1.807) is 0 Å². The van der Waals surface area contributed by atoms with E-state index < -0.39 is 0 Å². The van der Waals surface area contributed by atoms with Gasteiger partial charge in [0.1, 0.15) is 5.75 Å². The maximum Gasteiger partial charge on any atom is 0.193 e. The van der Waals surface area contributed by atoms with Crippen molar-refractivity contribution in [2.45, 2.75) is 26.2 Å². The molecule has 0 aliphatic carbocycles. The zero-order chi connectivity index (χ0) is 13.9. The maximum absolute atomic E-state index is 12.5. The smallest absolute Gasteiger partial charge is 0.193 e. The van der Waals surface area contributed by atoms with Gasteiger partial charge in [-0.15, -0.1) is 0 Å². The molecular formula is C18H18O2. The number of ketones is 1. The van der Waals surface area contributed by atoms with Crippen LogP contribution in [0.25, 0.3) is 0 Å². The molecule has 0 aromatic heterocycles. The van der Waals surface area contributed by atoms with Crippen LogP contribution >= 0.6 is 0 Å². The fourth-order valence-electron chi connectivity index (χ4n) is 2.61. The second-order valence-corrected chi connectivity index (χ2v) is 5.33. The molecule has 2 aromatic carbocycles. The molecule has 0 radical (unpaired) electrons. The van der Waals surface area contributed by atoms with Gasteiger partial charge in [-0.05, 0) is 56.0 Å². The van der Waals surface area contributed by atoms with Gasteiger partial charge in [0.2, 0.25) is 0 Å². The largest absolute Gasteiger partial charge is 0.493 e. The number of fused-ring (bicyclic) bond motifs is 1. The lowest BCUT2D eigenvalue weighted by Gasteiger charge is -2.09. The average molecular weight is 266 g/mol. The predicted octanol–water partition coefficient (Wildman–Crippen LogP) is 3.94. The Balaban J connectivity index is 1.94. The molecule has 20 heavy (non-hydrogen) atoms. The Kier molecular flexibility index (Phi) is 3.55. The summed E-state index contributed by atoms with van der Waals surface area (Å²) in [5.74, 6) is 1.02. The molecule has 2 nitrogen and oxygen atoms in total. The van der Waals surface area contributed by atoms with Gasteiger partial charge < -0.3 is 4.74 Å². The highest BCUT2D eigenvalue weighted by Crippen LogP contribution is 2.26. The Bertz CT molecular complexity index is 644. The number of carbonyl (C=O) groups is 1. The van der Waals surface area contributed by atoms with Crippen molar-refractivity contribution in [3.05, 3.63) is 64.7 Å². The molecule has 1 aliphatic rings. The third kappa shape index (κ3) is 2.60. The van der Waals surface area contributed by atoms with Gasteiger partial charge >= 0.3 is 0 Å². The molecule has 0 atom stereocenters. The molecule has 0 amide bonds. The highest BCUT2D eigenvalue weighted by molar-refractivity contribution is 6.09. The first-order valence-corrected chi connectivity index (χ1v) is 7.11. The summed E-state index contributed by atoms with van der Waals surface area (Å²) in [4.78, 5) is 12.5. The van der Waals surface area contributed by atoms with Crippen LogP contribution in [0.15, 0.2) is 42.5 Å². The Hall–Kier alpha value is -2.09. The number of rotatable bonds is 2. The molecule has 1 aliphatic heterocycles. The molecule has 2 aromatic rings. The van der Waals surface area contributed by atoms with Crippen LogP contribution < -0.4 is 4.74 Å². The fraction of sp³-hybridized carbons (Fsp3) is 0.278. The molecule has 0 saturated carbocycles. The third-order valence-corrected chi connectivity index (χ3v) is 3.70. The summed E-state index contributed by atoms with van der Waals surface area (Å²) in [6.45, 7) is 2.78. The quantitative estimate of drug-likeness (QED) is 0.770. The van der Waals surface area contributed by atoms with Crippen molar-refractivity contribution in [1.82, 2.24) is 0 Å². The summed E-state index contributed by atoms with van der Waals surface area (Å²) in [7, 11) is 0. The molecule has 0 unspecified atom stereocenters. The van der Waals surface area contributed by atoms with Crippen LogP contribution in [0.5, 0.6) is 5.75 Å². The topological polar surface area (TPSA) is 26.3 Å². The van der Waals surface area contributed by atoms with Crippen molar-refractivity contribution < 1.29 is 9.53 Å². The second-order valence-electron chi connectivity index (χ2n) is 5.33. The van der Waals surface area contributed by atoms with Gasteiger partial charge in [-0.3, -0.25) is 4.79 Å². The van der Waals surface area contributed by atoms with E-state index in [1.807, 2.05) is 49.4 Å². The summed E-state index contributed by atoms with van der Waals surface area (Å²) in [5, 5.41) is 0. The summed E-state index contributed by atoms with van der Waals surface area (Å²) in [6.07, 6.45) is 3.19. The van der Waals surface area contributed by atoms with Gasteiger partial charge in [-0.1, -0.05) is 23.8 Å². The van der Waals surface area contributed by atoms with Gasteiger partial charge in [0.25, 0.3) is 0 Å². The molecular weight excluding hydrogens is 248 g/mol. The normalized spacial score (nSPS) is 14.1. The standard InChI is InChI=1S/C18H18O2/c1-13-5-4-7-15(11-13)18(19)16-8-9-17-14(12-16)6-2-3-10-20-17/h4-5,7-9,11-12H,2-3,6,10H2,1H3. The van der Waals surface area contributed by atoms with Crippen LogP contribution in [-0.2, 0) is 6.42 Å². The zero-order valence-corrected chi connectivity index (χ0v) is 11.7. The maximum atomic E-state index is 12.5. The Morgan fingerprint density at radius 2 is 1.90 bits per heavy atom. The number of hydrogen-bond acceptors (Lipinski definition) is 2. The molecule has 0 N–H and O–H groups in total. The molecule has 102 valence electrons. The van der Waals surface area contributed by atoms with E-state index in [-0.39, 0.29) is 5.78 Å². The van der Waals surface area contributed by atoms with Crippen molar-refractivity contribution in [2.75, 3.05) is 6.61 Å². The van der Waals surface area contributed by atoms with E-state index >= 15 is 0 Å². The molecule has 0 spiro atoms. The average Bonchev–Trinajstić information content (AvgIpc) is 2.71. The van der Waals surface area contributed by atoms with E-state index in [9.17, 15) is 4.79 Å². The number of benzene rings is 2. The zero-order valence-electron chi connectivity index (χ0n) is 11.7. The number of hydrogen-bond donors (Lipinski definition) is 0. The molecule has 0 saturated heterocycles. The Labute approximate surface area is 119 Å². The molecule has 0 fully saturated rings. The van der Waals surface area contributed by atoms with Gasteiger partial charge in [0.15, 0.2) is 5.78 Å². The Morgan fingerprint density at radius 1 is 1.05 bits per heavy atom. The molecule has 1 heterocycles. The first-order valence-electron chi connectivity index (χ1n) is 7.11. The highest BCUT2D eigenvalue weighted by Gasteiger charge is 2.14. The minimum absolute atomic E-state index is 0.0840. The van der Waals surface area contributed by atoms with Crippen LogP contribution in [0.3, 0.4) is 0 Å². The first kappa shape index (κ1) is 12.9. The van der Waals surface area contributed by atoms with E-state index in [1.165, 1.54) is 0 Å². The van der Waals surface area contributed by atoms with E-state index in [0.717, 1.165) is 53.9 Å².